The van der Waals surface area contributed by atoms with Gasteiger partial charge in [0.25, 0.3) is 0 Å². The third kappa shape index (κ3) is 4.45. The minimum absolute atomic E-state index is 0.0966. The molecule has 0 heterocycles. The number of carboxylic acid groups (broad SMARTS) is 1. The van der Waals surface area contributed by atoms with E-state index >= 15 is 0 Å². The molecule has 0 aromatic heterocycles. The lowest BCUT2D eigenvalue weighted by molar-refractivity contribution is -0.144. The summed E-state index contributed by atoms with van der Waals surface area (Å²) in [6.45, 7) is 2.76. The van der Waals surface area contributed by atoms with Crippen LogP contribution in [0.1, 0.15) is 43.7 Å². The number of amides is 2. The fourth-order valence-corrected chi connectivity index (χ4v) is 4.12. The molecule has 0 saturated heterocycles. The van der Waals surface area contributed by atoms with E-state index in [1.807, 2.05) is 48.5 Å². The number of aliphatic hydroxyl groups is 1. The van der Waals surface area contributed by atoms with Crippen molar-refractivity contribution in [3.63, 3.8) is 0 Å². The third-order valence-corrected chi connectivity index (χ3v) is 6.11. The van der Waals surface area contributed by atoms with Gasteiger partial charge in [-0.25, -0.2) is 9.59 Å². The summed E-state index contributed by atoms with van der Waals surface area (Å²) in [7, 11) is 0. The van der Waals surface area contributed by atoms with Gasteiger partial charge in [0.1, 0.15) is 18.2 Å². The number of fused-ring (bicyclic) bond motifs is 3. The third-order valence-electron chi connectivity index (χ3n) is 6.11. The van der Waals surface area contributed by atoms with Crippen LogP contribution in [-0.4, -0.2) is 53.0 Å². The Bertz CT molecular complexity index is 956. The van der Waals surface area contributed by atoms with Crippen molar-refractivity contribution in [1.82, 2.24) is 10.6 Å². The summed E-state index contributed by atoms with van der Waals surface area (Å²) < 4.78 is 5.53. The predicted octanol–water partition coefficient (Wildman–Crippen LogP) is 2.65. The minimum Gasteiger partial charge on any atom is -0.480 e. The van der Waals surface area contributed by atoms with Crippen molar-refractivity contribution in [1.29, 1.82) is 0 Å². The fourth-order valence-electron chi connectivity index (χ4n) is 4.12. The first-order valence-corrected chi connectivity index (χ1v) is 10.6. The number of carboxylic acids is 1. The molecule has 2 aromatic carbocycles. The summed E-state index contributed by atoms with van der Waals surface area (Å²) in [5.74, 6) is -2.16. The molecule has 2 amide bonds. The summed E-state index contributed by atoms with van der Waals surface area (Å²) in [5, 5.41) is 23.2. The van der Waals surface area contributed by atoms with Gasteiger partial charge in [0.15, 0.2) is 0 Å². The number of ether oxygens (including phenoxy) is 1. The average molecular weight is 440 g/mol. The first-order valence-electron chi connectivity index (χ1n) is 10.6. The quantitative estimate of drug-likeness (QED) is 0.475. The van der Waals surface area contributed by atoms with Gasteiger partial charge in [-0.3, -0.25) is 4.79 Å². The maximum Gasteiger partial charge on any atom is 0.408 e. The Balaban J connectivity index is 1.71. The monoisotopic (exact) mass is 440 g/mol. The molecule has 2 aromatic rings. The van der Waals surface area contributed by atoms with Crippen molar-refractivity contribution in [2.45, 2.75) is 44.2 Å². The summed E-state index contributed by atoms with van der Waals surface area (Å²) in [6.07, 6.45) is -0.323. The topological polar surface area (TPSA) is 125 Å². The van der Waals surface area contributed by atoms with Gasteiger partial charge in [-0.15, -0.1) is 0 Å². The molecule has 3 rings (SSSR count). The number of carbonyl (C=O) groups is 3. The van der Waals surface area contributed by atoms with Crippen LogP contribution in [0, 0.1) is 0 Å². The van der Waals surface area contributed by atoms with Gasteiger partial charge in [0.05, 0.1) is 6.61 Å². The second kappa shape index (κ2) is 9.82. The van der Waals surface area contributed by atoms with E-state index in [9.17, 15) is 19.5 Å². The molecule has 0 fully saturated rings. The lowest BCUT2D eigenvalue weighted by atomic mass is 9.91. The van der Waals surface area contributed by atoms with E-state index in [2.05, 4.69) is 10.6 Å². The van der Waals surface area contributed by atoms with Gasteiger partial charge in [0.2, 0.25) is 5.91 Å². The van der Waals surface area contributed by atoms with Crippen LogP contribution in [0.2, 0.25) is 0 Å². The van der Waals surface area contributed by atoms with E-state index in [1.165, 1.54) is 0 Å². The molecule has 1 atom stereocenters. The number of rotatable bonds is 9. The average Bonchev–Trinajstić information content (AvgIpc) is 3.13. The number of aliphatic hydroxyl groups excluding tert-OH is 1. The Morgan fingerprint density at radius 2 is 1.53 bits per heavy atom. The number of nitrogens with one attached hydrogen (secondary N) is 2. The number of benzene rings is 2. The number of hydrogen-bond acceptors (Lipinski definition) is 5. The molecule has 8 nitrogen and oxygen atoms in total. The van der Waals surface area contributed by atoms with Crippen LogP contribution in [0.3, 0.4) is 0 Å². The zero-order valence-electron chi connectivity index (χ0n) is 18.1. The van der Waals surface area contributed by atoms with Gasteiger partial charge in [0, 0.05) is 5.92 Å². The summed E-state index contributed by atoms with van der Waals surface area (Å²) in [4.78, 5) is 36.6. The zero-order chi connectivity index (χ0) is 23.3. The van der Waals surface area contributed by atoms with E-state index < -0.39 is 36.2 Å². The van der Waals surface area contributed by atoms with Crippen LogP contribution < -0.4 is 10.6 Å². The van der Waals surface area contributed by atoms with Crippen LogP contribution >= 0.6 is 0 Å². The van der Waals surface area contributed by atoms with E-state index in [4.69, 9.17) is 9.84 Å². The first kappa shape index (κ1) is 23.3. The predicted molar refractivity (Wildman–Crippen MR) is 118 cm³/mol. The summed E-state index contributed by atoms with van der Waals surface area (Å²) in [6, 6.07) is 14.5. The highest BCUT2D eigenvalue weighted by Crippen LogP contribution is 2.44. The van der Waals surface area contributed by atoms with Crippen molar-refractivity contribution in [3.05, 3.63) is 59.7 Å². The van der Waals surface area contributed by atoms with Gasteiger partial charge >= 0.3 is 12.1 Å². The van der Waals surface area contributed by atoms with Gasteiger partial charge < -0.3 is 25.6 Å². The van der Waals surface area contributed by atoms with E-state index in [0.717, 1.165) is 22.3 Å². The summed E-state index contributed by atoms with van der Waals surface area (Å²) in [5.41, 5.74) is 3.01. The molecule has 1 aliphatic rings. The maximum absolute atomic E-state index is 12.8. The maximum atomic E-state index is 12.8. The SMILES string of the molecule is CCC(CC)(NC(=O)OCC1c2ccccc2-c2ccccc21)C(=O)N[C@H](CO)C(=O)O. The molecule has 0 saturated carbocycles. The largest absolute Gasteiger partial charge is 0.480 e. The van der Waals surface area contributed by atoms with Crippen molar-refractivity contribution < 1.29 is 29.3 Å². The lowest BCUT2D eigenvalue weighted by Crippen LogP contribution is -2.61. The van der Waals surface area contributed by atoms with Crippen LogP contribution in [-0.2, 0) is 14.3 Å². The molecule has 0 bridgehead atoms. The lowest BCUT2D eigenvalue weighted by Gasteiger charge is -2.32. The highest BCUT2D eigenvalue weighted by molar-refractivity contribution is 5.92. The Labute approximate surface area is 186 Å². The van der Waals surface area contributed by atoms with E-state index in [1.54, 1.807) is 13.8 Å². The molecule has 32 heavy (non-hydrogen) atoms. The summed E-state index contributed by atoms with van der Waals surface area (Å²) >= 11 is 0. The molecule has 170 valence electrons. The molecule has 0 radical (unpaired) electrons. The molecular weight excluding hydrogens is 412 g/mol. The van der Waals surface area contributed by atoms with Crippen molar-refractivity contribution in [3.8, 4) is 11.1 Å². The minimum atomic E-state index is -1.45. The molecule has 1 aliphatic carbocycles. The highest BCUT2D eigenvalue weighted by Gasteiger charge is 2.39. The number of alkyl carbamates (subject to hydrolysis) is 1. The molecule has 8 heteroatoms. The van der Waals surface area contributed by atoms with E-state index in [0.29, 0.717) is 0 Å². The normalized spacial score (nSPS) is 13.6. The second-order valence-corrected chi connectivity index (χ2v) is 7.79. The number of hydrogen-bond donors (Lipinski definition) is 4. The van der Waals surface area contributed by atoms with Crippen LogP contribution in [0.15, 0.2) is 48.5 Å². The smallest absolute Gasteiger partial charge is 0.408 e. The van der Waals surface area contributed by atoms with Crippen LogP contribution in [0.25, 0.3) is 11.1 Å². The molecule has 4 N–H and O–H groups in total. The Morgan fingerprint density at radius 3 is 2.00 bits per heavy atom. The first-order chi connectivity index (χ1) is 15.4. The molecular formula is C24H28N2O6. The van der Waals surface area contributed by atoms with Gasteiger partial charge in [-0.1, -0.05) is 62.4 Å². The Kier molecular flexibility index (Phi) is 7.15. The fraction of sp³-hybridized carbons (Fsp3) is 0.375. The number of aliphatic carboxylic acids is 1. The Hall–Kier alpha value is -3.39. The Morgan fingerprint density at radius 1 is 1.00 bits per heavy atom. The van der Waals surface area contributed by atoms with E-state index in [-0.39, 0.29) is 25.4 Å². The molecule has 0 unspecified atom stereocenters. The zero-order valence-corrected chi connectivity index (χ0v) is 18.1. The van der Waals surface area contributed by atoms with Crippen molar-refractivity contribution in [2.75, 3.05) is 13.2 Å². The van der Waals surface area contributed by atoms with Gasteiger partial charge in [-0.05, 0) is 35.1 Å². The van der Waals surface area contributed by atoms with Gasteiger partial charge in [-0.2, -0.15) is 0 Å². The van der Waals surface area contributed by atoms with Crippen molar-refractivity contribution in [2.24, 2.45) is 0 Å². The standard InChI is InChI=1S/C24H28N2O6/c1-3-24(4-2,22(30)25-20(13-27)21(28)29)26-23(31)32-14-19-17-11-7-5-9-15(17)16-10-6-8-12-18(16)19/h5-12,19-20,27H,3-4,13-14H2,1-2H3,(H,25,30)(H,26,31)(H,28,29)/t20-/m1/s1. The van der Waals surface area contributed by atoms with Crippen LogP contribution in [0.5, 0.6) is 0 Å². The van der Waals surface area contributed by atoms with Crippen molar-refractivity contribution >= 4 is 18.0 Å². The van der Waals surface area contributed by atoms with Crippen LogP contribution in [0.4, 0.5) is 4.79 Å². The number of carbonyl (C=O) groups excluding carboxylic acids is 2. The highest BCUT2D eigenvalue weighted by atomic mass is 16.5. The molecule has 0 spiro atoms. The second-order valence-electron chi connectivity index (χ2n) is 7.79. The molecule has 0 aliphatic heterocycles.